The smallest absolute Gasteiger partial charge is 0.269 e. The molecule has 1 fully saturated rings. The third-order valence-corrected chi connectivity index (χ3v) is 5.92. The molecule has 33 heavy (non-hydrogen) atoms. The molecule has 0 radical (unpaired) electrons. The van der Waals surface area contributed by atoms with E-state index in [0.29, 0.717) is 42.3 Å². The van der Waals surface area contributed by atoms with Crippen LogP contribution in [0.3, 0.4) is 0 Å². The summed E-state index contributed by atoms with van der Waals surface area (Å²) in [6.45, 7) is 7.77. The lowest BCUT2D eigenvalue weighted by Crippen LogP contribution is -2.37. The van der Waals surface area contributed by atoms with E-state index in [0.717, 1.165) is 29.9 Å². The molecule has 0 saturated carbocycles. The Kier molecular flexibility index (Phi) is 7.04. The van der Waals surface area contributed by atoms with Gasteiger partial charge in [0, 0.05) is 42.6 Å². The van der Waals surface area contributed by atoms with Gasteiger partial charge in [-0.25, -0.2) is 14.6 Å². The number of rotatable bonds is 8. The SMILES string of the molecule is CC(C)Sc1nc(N2CCOCC2)c2cnn(CCNC(=O)c3ccc([N+](=O)[O-])cc3)c2n1. The molecule has 3 aromatic rings. The maximum atomic E-state index is 12.4. The number of nitrogens with one attached hydrogen (secondary N) is 1. The lowest BCUT2D eigenvalue weighted by atomic mass is 10.2. The number of morpholine rings is 1. The highest BCUT2D eigenvalue weighted by Gasteiger charge is 2.20. The maximum Gasteiger partial charge on any atom is 0.269 e. The van der Waals surface area contributed by atoms with E-state index >= 15 is 0 Å². The second-order valence-electron chi connectivity index (χ2n) is 7.76. The monoisotopic (exact) mass is 471 g/mol. The molecular formula is C21H25N7O4S. The Balaban J connectivity index is 1.50. The first-order valence-corrected chi connectivity index (χ1v) is 11.6. The quantitative estimate of drug-likeness (QED) is 0.228. The van der Waals surface area contributed by atoms with Crippen molar-refractivity contribution in [2.75, 3.05) is 37.7 Å². The predicted molar refractivity (Wildman–Crippen MR) is 125 cm³/mol. The van der Waals surface area contributed by atoms with Gasteiger partial charge in [-0.05, 0) is 12.1 Å². The molecular weight excluding hydrogens is 446 g/mol. The van der Waals surface area contributed by atoms with Crippen LogP contribution in [0.25, 0.3) is 11.0 Å². The van der Waals surface area contributed by atoms with E-state index in [-0.39, 0.29) is 11.6 Å². The molecule has 1 aromatic carbocycles. The van der Waals surface area contributed by atoms with Crippen molar-refractivity contribution in [3.8, 4) is 0 Å². The molecule has 1 aliphatic heterocycles. The van der Waals surface area contributed by atoms with E-state index < -0.39 is 4.92 Å². The highest BCUT2D eigenvalue weighted by molar-refractivity contribution is 7.99. The van der Waals surface area contributed by atoms with Gasteiger partial charge in [-0.15, -0.1) is 0 Å². The number of amides is 1. The summed E-state index contributed by atoms with van der Waals surface area (Å²) in [6, 6.07) is 5.50. The maximum absolute atomic E-state index is 12.4. The average Bonchev–Trinajstić information content (AvgIpc) is 3.21. The number of benzene rings is 1. The zero-order chi connectivity index (χ0) is 23.4. The van der Waals surface area contributed by atoms with Crippen molar-refractivity contribution in [3.05, 3.63) is 46.1 Å². The average molecular weight is 472 g/mol. The minimum absolute atomic E-state index is 0.0552. The molecule has 2 aromatic heterocycles. The number of nitro groups is 1. The number of carbonyl (C=O) groups excluding carboxylic acids is 1. The molecule has 174 valence electrons. The Labute approximate surface area is 194 Å². The van der Waals surface area contributed by atoms with Gasteiger partial charge < -0.3 is 15.0 Å². The second kappa shape index (κ2) is 10.1. The molecule has 1 aliphatic rings. The lowest BCUT2D eigenvalue weighted by molar-refractivity contribution is -0.384. The van der Waals surface area contributed by atoms with Crippen molar-refractivity contribution in [2.24, 2.45) is 0 Å². The van der Waals surface area contributed by atoms with Crippen molar-refractivity contribution in [2.45, 2.75) is 30.8 Å². The van der Waals surface area contributed by atoms with Crippen LogP contribution in [0, 0.1) is 10.1 Å². The molecule has 1 N–H and O–H groups in total. The van der Waals surface area contributed by atoms with Gasteiger partial charge in [0.25, 0.3) is 11.6 Å². The molecule has 3 heterocycles. The Morgan fingerprint density at radius 3 is 2.64 bits per heavy atom. The molecule has 12 heteroatoms. The van der Waals surface area contributed by atoms with Crippen LogP contribution in [0.15, 0.2) is 35.6 Å². The van der Waals surface area contributed by atoms with Crippen molar-refractivity contribution < 1.29 is 14.5 Å². The Bertz CT molecular complexity index is 1140. The lowest BCUT2D eigenvalue weighted by Gasteiger charge is -2.28. The van der Waals surface area contributed by atoms with Crippen LogP contribution in [0.4, 0.5) is 11.5 Å². The summed E-state index contributed by atoms with van der Waals surface area (Å²) in [4.78, 5) is 34.4. The van der Waals surface area contributed by atoms with E-state index in [1.807, 2.05) is 0 Å². The van der Waals surface area contributed by atoms with Crippen LogP contribution < -0.4 is 10.2 Å². The van der Waals surface area contributed by atoms with E-state index in [1.165, 1.54) is 24.3 Å². The highest BCUT2D eigenvalue weighted by Crippen LogP contribution is 2.29. The van der Waals surface area contributed by atoms with E-state index in [2.05, 4.69) is 29.2 Å². The summed E-state index contributed by atoms with van der Waals surface area (Å²) < 4.78 is 7.24. The molecule has 4 rings (SSSR count). The van der Waals surface area contributed by atoms with Gasteiger partial charge in [0.05, 0.1) is 36.3 Å². The van der Waals surface area contributed by atoms with Crippen molar-refractivity contribution in [1.29, 1.82) is 0 Å². The van der Waals surface area contributed by atoms with Crippen LogP contribution in [0.2, 0.25) is 0 Å². The molecule has 1 saturated heterocycles. The third kappa shape index (κ3) is 5.40. The minimum atomic E-state index is -0.497. The third-order valence-electron chi connectivity index (χ3n) is 5.06. The van der Waals surface area contributed by atoms with E-state index in [9.17, 15) is 14.9 Å². The zero-order valence-electron chi connectivity index (χ0n) is 18.4. The standard InChI is InChI=1S/C21H25N7O4S/c1-14(2)33-21-24-18(26-9-11-32-12-10-26)17-13-23-27(19(17)25-21)8-7-22-20(29)15-3-5-16(6-4-15)28(30)31/h3-6,13-14H,7-12H2,1-2H3,(H,22,29). The molecule has 0 unspecified atom stereocenters. The van der Waals surface area contributed by atoms with Gasteiger partial charge in [-0.2, -0.15) is 5.10 Å². The first-order valence-electron chi connectivity index (χ1n) is 10.7. The minimum Gasteiger partial charge on any atom is -0.378 e. The second-order valence-corrected chi connectivity index (χ2v) is 9.30. The number of hydrogen-bond donors (Lipinski definition) is 1. The number of thioether (sulfide) groups is 1. The van der Waals surface area contributed by atoms with Crippen LogP contribution in [-0.2, 0) is 11.3 Å². The van der Waals surface area contributed by atoms with Gasteiger partial charge in [-0.1, -0.05) is 25.6 Å². The molecule has 0 aliphatic carbocycles. The van der Waals surface area contributed by atoms with Crippen molar-refractivity contribution in [1.82, 2.24) is 25.1 Å². The number of fused-ring (bicyclic) bond motifs is 1. The van der Waals surface area contributed by atoms with Crippen molar-refractivity contribution in [3.63, 3.8) is 0 Å². The van der Waals surface area contributed by atoms with Gasteiger partial charge in [0.2, 0.25) is 0 Å². The van der Waals surface area contributed by atoms with Crippen LogP contribution in [-0.4, -0.2) is 68.7 Å². The van der Waals surface area contributed by atoms with E-state index in [1.54, 1.807) is 22.6 Å². The van der Waals surface area contributed by atoms with Gasteiger partial charge >= 0.3 is 0 Å². The number of carbonyl (C=O) groups is 1. The Hall–Kier alpha value is -3.25. The van der Waals surface area contributed by atoms with Crippen LogP contribution >= 0.6 is 11.8 Å². The van der Waals surface area contributed by atoms with E-state index in [4.69, 9.17) is 14.7 Å². The molecule has 0 spiro atoms. The molecule has 1 amide bonds. The molecule has 0 bridgehead atoms. The first kappa shape index (κ1) is 22.9. The normalized spacial score (nSPS) is 14.1. The number of non-ortho nitro benzene ring substituents is 1. The Morgan fingerprint density at radius 1 is 1.24 bits per heavy atom. The number of nitro benzene ring substituents is 1. The number of ether oxygens (including phenoxy) is 1. The number of anilines is 1. The summed E-state index contributed by atoms with van der Waals surface area (Å²) in [5.74, 6) is 0.550. The largest absolute Gasteiger partial charge is 0.378 e. The summed E-state index contributed by atoms with van der Waals surface area (Å²) in [5, 5.41) is 20.0. The fourth-order valence-electron chi connectivity index (χ4n) is 3.48. The number of nitrogens with zero attached hydrogens (tertiary/aromatic N) is 6. The van der Waals surface area contributed by atoms with Gasteiger partial charge in [0.15, 0.2) is 10.8 Å². The van der Waals surface area contributed by atoms with Gasteiger partial charge in [0.1, 0.15) is 5.82 Å². The summed E-state index contributed by atoms with van der Waals surface area (Å²) in [5.41, 5.74) is 1.03. The summed E-state index contributed by atoms with van der Waals surface area (Å²) >= 11 is 1.59. The Morgan fingerprint density at radius 2 is 1.97 bits per heavy atom. The highest BCUT2D eigenvalue weighted by atomic mass is 32.2. The molecule has 0 atom stereocenters. The molecule has 11 nitrogen and oxygen atoms in total. The van der Waals surface area contributed by atoms with Gasteiger partial charge in [-0.3, -0.25) is 14.9 Å². The van der Waals surface area contributed by atoms with Crippen LogP contribution in [0.1, 0.15) is 24.2 Å². The summed E-state index contributed by atoms with van der Waals surface area (Å²) in [7, 11) is 0. The zero-order valence-corrected chi connectivity index (χ0v) is 19.2. The topological polar surface area (TPSA) is 128 Å². The van der Waals surface area contributed by atoms with Crippen molar-refractivity contribution >= 4 is 40.2 Å². The fraction of sp³-hybridized carbons (Fsp3) is 0.429. The number of hydrogen-bond acceptors (Lipinski definition) is 9. The number of aromatic nitrogens is 4. The predicted octanol–water partition coefficient (Wildman–Crippen LogP) is 2.50. The fourth-order valence-corrected chi connectivity index (χ4v) is 4.18. The van der Waals surface area contributed by atoms with Crippen LogP contribution in [0.5, 0.6) is 0 Å². The first-order chi connectivity index (χ1) is 15.9. The summed E-state index contributed by atoms with van der Waals surface area (Å²) in [6.07, 6.45) is 1.77.